The number of methoxy groups -OCH3 is 2. The van der Waals surface area contributed by atoms with Gasteiger partial charge in [0.15, 0.2) is 0 Å². The molecule has 9 nitrogen and oxygen atoms in total. The smallest absolute Gasteiger partial charge is 0.355 e. The van der Waals surface area contributed by atoms with Crippen LogP contribution in [0.4, 0.5) is 5.69 Å². The standard InChI is InChI=1S/C22H24N2O7S/c1-15(16-7-5-4-6-8-16)23-32(27,28)18-11-9-17(10-12-18)24-14-31-13-19(21(25)29-2)20(24)22(26)30-3/h4-12,15,23H,13-14H2,1-3H3. The minimum Gasteiger partial charge on any atom is -0.466 e. The summed E-state index contributed by atoms with van der Waals surface area (Å²) in [5.74, 6) is -1.45. The van der Waals surface area contributed by atoms with Gasteiger partial charge in [0, 0.05) is 11.7 Å². The zero-order valence-corrected chi connectivity index (χ0v) is 18.7. The Labute approximate surface area is 186 Å². The Morgan fingerprint density at radius 2 is 1.62 bits per heavy atom. The summed E-state index contributed by atoms with van der Waals surface area (Å²) in [6, 6.07) is 14.7. The lowest BCUT2D eigenvalue weighted by Crippen LogP contribution is -2.38. The van der Waals surface area contributed by atoms with Gasteiger partial charge >= 0.3 is 11.9 Å². The van der Waals surface area contributed by atoms with Crippen LogP contribution >= 0.6 is 0 Å². The Hall–Kier alpha value is -3.21. The van der Waals surface area contributed by atoms with Crippen LogP contribution in [0.3, 0.4) is 0 Å². The van der Waals surface area contributed by atoms with Crippen molar-refractivity contribution in [2.24, 2.45) is 0 Å². The van der Waals surface area contributed by atoms with E-state index in [0.29, 0.717) is 5.69 Å². The topological polar surface area (TPSA) is 111 Å². The molecular weight excluding hydrogens is 436 g/mol. The Morgan fingerprint density at radius 1 is 1.00 bits per heavy atom. The number of hydrogen-bond donors (Lipinski definition) is 1. The van der Waals surface area contributed by atoms with Crippen LogP contribution in [-0.4, -0.2) is 47.9 Å². The first kappa shape index (κ1) is 23.5. The molecule has 1 atom stereocenters. The second-order valence-electron chi connectivity index (χ2n) is 6.96. The number of carbonyl (C=O) groups is 2. The fourth-order valence-corrected chi connectivity index (χ4v) is 4.50. The highest BCUT2D eigenvalue weighted by Crippen LogP contribution is 2.28. The minimum atomic E-state index is -3.80. The van der Waals surface area contributed by atoms with E-state index in [1.165, 1.54) is 43.4 Å². The number of ether oxygens (including phenoxy) is 3. The number of rotatable bonds is 7. The maximum Gasteiger partial charge on any atom is 0.355 e. The lowest BCUT2D eigenvalue weighted by molar-refractivity contribution is -0.140. The summed E-state index contributed by atoms with van der Waals surface area (Å²) in [7, 11) is -1.39. The molecule has 0 bridgehead atoms. The van der Waals surface area contributed by atoms with Gasteiger partial charge in [0.05, 0.1) is 31.3 Å². The van der Waals surface area contributed by atoms with Gasteiger partial charge in [0.25, 0.3) is 0 Å². The van der Waals surface area contributed by atoms with Gasteiger partial charge in [-0.15, -0.1) is 0 Å². The average Bonchev–Trinajstić information content (AvgIpc) is 2.82. The second-order valence-corrected chi connectivity index (χ2v) is 8.68. The highest BCUT2D eigenvalue weighted by molar-refractivity contribution is 7.89. The fourth-order valence-electron chi connectivity index (χ4n) is 3.26. The predicted molar refractivity (Wildman–Crippen MR) is 116 cm³/mol. The summed E-state index contributed by atoms with van der Waals surface area (Å²) in [5.41, 5.74) is 1.28. The number of nitrogens with one attached hydrogen (secondary N) is 1. The highest BCUT2D eigenvalue weighted by atomic mass is 32.2. The molecule has 0 fully saturated rings. The Bertz CT molecular complexity index is 1110. The average molecular weight is 461 g/mol. The number of sulfonamides is 1. The molecule has 0 radical (unpaired) electrons. The molecule has 2 aromatic carbocycles. The molecule has 1 unspecified atom stereocenters. The molecular formula is C22H24N2O7S. The summed E-state index contributed by atoms with van der Waals surface area (Å²) < 4.78 is 43.2. The van der Waals surface area contributed by atoms with Crippen molar-refractivity contribution in [2.75, 3.05) is 32.5 Å². The van der Waals surface area contributed by atoms with Crippen LogP contribution in [-0.2, 0) is 33.8 Å². The van der Waals surface area contributed by atoms with Crippen molar-refractivity contribution in [1.82, 2.24) is 4.72 Å². The second kappa shape index (κ2) is 9.94. The Morgan fingerprint density at radius 3 is 2.22 bits per heavy atom. The molecule has 0 aromatic heterocycles. The van der Waals surface area contributed by atoms with Crippen molar-refractivity contribution in [3.05, 3.63) is 71.4 Å². The van der Waals surface area contributed by atoms with Crippen LogP contribution < -0.4 is 9.62 Å². The van der Waals surface area contributed by atoms with Gasteiger partial charge in [-0.25, -0.2) is 22.7 Å². The number of nitrogens with zero attached hydrogens (tertiary/aromatic N) is 1. The number of esters is 2. The molecule has 0 saturated carbocycles. The fraction of sp³-hybridized carbons (Fsp3) is 0.273. The Balaban J connectivity index is 1.88. The van der Waals surface area contributed by atoms with Crippen molar-refractivity contribution in [2.45, 2.75) is 17.9 Å². The van der Waals surface area contributed by atoms with Crippen molar-refractivity contribution in [3.8, 4) is 0 Å². The summed E-state index contributed by atoms with van der Waals surface area (Å²) >= 11 is 0. The van der Waals surface area contributed by atoms with Gasteiger partial charge < -0.3 is 19.1 Å². The molecule has 32 heavy (non-hydrogen) atoms. The third-order valence-corrected chi connectivity index (χ3v) is 6.48. The predicted octanol–water partition coefficient (Wildman–Crippen LogP) is 2.12. The normalized spacial score (nSPS) is 15.3. The van der Waals surface area contributed by atoms with Crippen molar-refractivity contribution < 1.29 is 32.2 Å². The lowest BCUT2D eigenvalue weighted by atomic mass is 10.1. The van der Waals surface area contributed by atoms with Crippen LogP contribution in [0.15, 0.2) is 70.8 Å². The van der Waals surface area contributed by atoms with Gasteiger partial charge in [-0.3, -0.25) is 0 Å². The first-order chi connectivity index (χ1) is 15.3. The van der Waals surface area contributed by atoms with E-state index in [2.05, 4.69) is 4.72 Å². The van der Waals surface area contributed by atoms with Crippen LogP contribution in [0.2, 0.25) is 0 Å². The molecule has 10 heteroatoms. The van der Waals surface area contributed by atoms with E-state index in [9.17, 15) is 18.0 Å². The van der Waals surface area contributed by atoms with Gasteiger partial charge in [-0.2, -0.15) is 0 Å². The maximum absolute atomic E-state index is 12.8. The molecule has 1 aliphatic rings. The number of benzene rings is 2. The van der Waals surface area contributed by atoms with Crippen LogP contribution in [0.1, 0.15) is 18.5 Å². The van der Waals surface area contributed by atoms with Gasteiger partial charge in [0.1, 0.15) is 12.4 Å². The molecule has 0 aliphatic carbocycles. The van der Waals surface area contributed by atoms with Gasteiger partial charge in [-0.1, -0.05) is 30.3 Å². The SMILES string of the molecule is COC(=O)C1=C(C(=O)OC)N(c2ccc(S(=O)(=O)NC(C)c3ccccc3)cc2)COC1. The first-order valence-electron chi connectivity index (χ1n) is 9.71. The molecule has 1 N–H and O–H groups in total. The van der Waals surface area contributed by atoms with Crippen LogP contribution in [0.25, 0.3) is 0 Å². The molecule has 170 valence electrons. The van der Waals surface area contributed by atoms with Crippen molar-refractivity contribution in [1.29, 1.82) is 0 Å². The third kappa shape index (κ3) is 4.98. The number of hydrogen-bond acceptors (Lipinski definition) is 8. The van der Waals surface area contributed by atoms with E-state index in [-0.39, 0.29) is 29.5 Å². The third-order valence-electron chi connectivity index (χ3n) is 4.92. The van der Waals surface area contributed by atoms with E-state index in [1.54, 1.807) is 6.92 Å². The zero-order valence-electron chi connectivity index (χ0n) is 17.9. The Kier molecular flexibility index (Phi) is 7.29. The molecule has 0 spiro atoms. The quantitative estimate of drug-likeness (QED) is 0.626. The molecule has 1 aliphatic heterocycles. The van der Waals surface area contributed by atoms with E-state index in [0.717, 1.165) is 5.56 Å². The van der Waals surface area contributed by atoms with Gasteiger partial charge in [-0.05, 0) is 36.8 Å². The van der Waals surface area contributed by atoms with Crippen molar-refractivity contribution >= 4 is 27.6 Å². The highest BCUT2D eigenvalue weighted by Gasteiger charge is 2.32. The van der Waals surface area contributed by atoms with E-state index in [4.69, 9.17) is 14.2 Å². The molecule has 0 saturated heterocycles. The molecule has 2 aromatic rings. The van der Waals surface area contributed by atoms with Crippen molar-refractivity contribution in [3.63, 3.8) is 0 Å². The first-order valence-corrected chi connectivity index (χ1v) is 11.2. The van der Waals surface area contributed by atoms with E-state index in [1.807, 2.05) is 30.3 Å². The zero-order chi connectivity index (χ0) is 23.3. The summed E-state index contributed by atoms with van der Waals surface area (Å²) in [5, 5.41) is 0. The summed E-state index contributed by atoms with van der Waals surface area (Å²) in [4.78, 5) is 26.0. The van der Waals surface area contributed by atoms with E-state index >= 15 is 0 Å². The van der Waals surface area contributed by atoms with Crippen LogP contribution in [0.5, 0.6) is 0 Å². The largest absolute Gasteiger partial charge is 0.466 e. The summed E-state index contributed by atoms with van der Waals surface area (Å²) in [6.07, 6.45) is 0. The van der Waals surface area contributed by atoms with E-state index < -0.39 is 28.0 Å². The summed E-state index contributed by atoms with van der Waals surface area (Å²) in [6.45, 7) is 1.62. The number of anilines is 1. The van der Waals surface area contributed by atoms with Gasteiger partial charge in [0.2, 0.25) is 10.0 Å². The minimum absolute atomic E-state index is 0.0145. The monoisotopic (exact) mass is 460 g/mol. The number of carbonyl (C=O) groups excluding carboxylic acids is 2. The molecule has 3 rings (SSSR count). The lowest BCUT2D eigenvalue weighted by Gasteiger charge is -2.31. The van der Waals surface area contributed by atoms with Crippen LogP contribution in [0, 0.1) is 0 Å². The maximum atomic E-state index is 12.8. The molecule has 1 heterocycles. The molecule has 0 amide bonds.